The highest BCUT2D eigenvalue weighted by Gasteiger charge is 2.48. The Morgan fingerprint density at radius 2 is 1.21 bits per heavy atom. The van der Waals surface area contributed by atoms with E-state index >= 15 is 0 Å². The van der Waals surface area contributed by atoms with E-state index in [9.17, 15) is 0 Å². The van der Waals surface area contributed by atoms with Crippen molar-refractivity contribution in [3.63, 3.8) is 0 Å². The first-order valence-electron chi connectivity index (χ1n) is 19.7. The molecule has 0 bridgehead atoms. The fraction of sp³-hybridized carbons (Fsp3) is 0.0962. The van der Waals surface area contributed by atoms with Crippen LogP contribution in [-0.2, 0) is 5.41 Å². The third kappa shape index (κ3) is 4.98. The van der Waals surface area contributed by atoms with Crippen molar-refractivity contribution in [2.24, 2.45) is 0 Å². The summed E-state index contributed by atoms with van der Waals surface area (Å²) in [5.74, 6) is 2.61. The smallest absolute Gasteiger partial charge is 0.163 e. The maximum absolute atomic E-state index is 6.84. The van der Waals surface area contributed by atoms with Gasteiger partial charge in [-0.2, -0.15) is 0 Å². The van der Waals surface area contributed by atoms with Gasteiger partial charge in [0.05, 0.1) is 12.0 Å². The van der Waals surface area contributed by atoms with Crippen molar-refractivity contribution in [2.45, 2.75) is 30.7 Å². The monoisotopic (exact) mass is 732 g/mol. The van der Waals surface area contributed by atoms with Gasteiger partial charge in [0.1, 0.15) is 17.2 Å². The Kier molecular flexibility index (Phi) is 6.88. The highest BCUT2D eigenvalue weighted by Crippen LogP contribution is 2.54. The van der Waals surface area contributed by atoms with E-state index in [1.165, 1.54) is 38.5 Å². The summed E-state index contributed by atoms with van der Waals surface area (Å²) in [6.45, 7) is 2.38. The molecular weight excluding hydrogens is 697 g/mol. The molecule has 57 heavy (non-hydrogen) atoms. The van der Waals surface area contributed by atoms with Crippen LogP contribution in [0.4, 0.5) is 5.69 Å². The zero-order valence-electron chi connectivity index (χ0n) is 31.3. The molecule has 270 valence electrons. The Labute approximate surface area is 330 Å². The summed E-state index contributed by atoms with van der Waals surface area (Å²) in [5.41, 5.74) is 7.43. The van der Waals surface area contributed by atoms with Crippen LogP contribution in [0.2, 0.25) is 0 Å². The van der Waals surface area contributed by atoms with Gasteiger partial charge in [-0.25, -0.2) is 15.0 Å². The molecular formula is C52H36N4O. The van der Waals surface area contributed by atoms with Crippen LogP contribution in [0.25, 0.3) is 72.1 Å². The quantitative estimate of drug-likeness (QED) is 0.180. The van der Waals surface area contributed by atoms with Gasteiger partial charge < -0.3 is 9.32 Å². The van der Waals surface area contributed by atoms with E-state index in [-0.39, 0.29) is 17.4 Å². The van der Waals surface area contributed by atoms with Gasteiger partial charge in [0, 0.05) is 45.3 Å². The largest absolute Gasteiger partial charge is 0.460 e. The predicted molar refractivity (Wildman–Crippen MR) is 232 cm³/mol. The molecule has 7 aromatic carbocycles. The first kappa shape index (κ1) is 32.2. The molecule has 9 aromatic rings. The summed E-state index contributed by atoms with van der Waals surface area (Å²) in [5, 5.41) is 8.22. The van der Waals surface area contributed by atoms with Crippen molar-refractivity contribution in [1.29, 1.82) is 0 Å². The Morgan fingerprint density at radius 1 is 0.614 bits per heavy atom. The van der Waals surface area contributed by atoms with Crippen LogP contribution in [0.5, 0.6) is 0 Å². The molecule has 0 amide bonds. The molecule has 0 fully saturated rings. The number of fused-ring (bicyclic) bond motifs is 9. The van der Waals surface area contributed by atoms with E-state index in [1.54, 1.807) is 0 Å². The van der Waals surface area contributed by atoms with Gasteiger partial charge in [0.25, 0.3) is 0 Å². The minimum Gasteiger partial charge on any atom is -0.460 e. The van der Waals surface area contributed by atoms with Crippen molar-refractivity contribution >= 4 is 55.0 Å². The Balaban J connectivity index is 1.08. The number of benzene rings is 7. The topological polar surface area (TPSA) is 55.1 Å². The summed E-state index contributed by atoms with van der Waals surface area (Å²) in [6.07, 6.45) is 12.2. The third-order valence-corrected chi connectivity index (χ3v) is 12.4. The van der Waals surface area contributed by atoms with Crippen LogP contribution < -0.4 is 4.90 Å². The van der Waals surface area contributed by atoms with E-state index in [2.05, 4.69) is 182 Å². The second-order valence-corrected chi connectivity index (χ2v) is 15.8. The van der Waals surface area contributed by atoms with Gasteiger partial charge in [-0.1, -0.05) is 140 Å². The molecule has 3 heterocycles. The van der Waals surface area contributed by atoms with Gasteiger partial charge in [-0.15, -0.1) is 0 Å². The summed E-state index contributed by atoms with van der Waals surface area (Å²) in [7, 11) is 0. The fourth-order valence-corrected chi connectivity index (χ4v) is 9.53. The number of anilines is 1. The number of hydrogen-bond donors (Lipinski definition) is 0. The molecule has 12 rings (SSSR count). The van der Waals surface area contributed by atoms with Crippen molar-refractivity contribution in [3.8, 4) is 22.8 Å². The fourth-order valence-electron chi connectivity index (χ4n) is 9.53. The van der Waals surface area contributed by atoms with E-state index in [0.717, 1.165) is 44.2 Å². The first-order valence-corrected chi connectivity index (χ1v) is 19.7. The van der Waals surface area contributed by atoms with Crippen LogP contribution in [0, 0.1) is 0 Å². The highest BCUT2D eigenvalue weighted by atomic mass is 16.3. The van der Waals surface area contributed by atoms with Crippen LogP contribution in [-0.4, -0.2) is 21.0 Å². The van der Waals surface area contributed by atoms with Crippen LogP contribution in [0.3, 0.4) is 0 Å². The second-order valence-electron chi connectivity index (χ2n) is 15.8. The predicted octanol–water partition coefficient (Wildman–Crippen LogP) is 12.6. The van der Waals surface area contributed by atoms with Gasteiger partial charge in [0.15, 0.2) is 11.6 Å². The summed E-state index contributed by atoms with van der Waals surface area (Å²) in [4.78, 5) is 18.5. The number of aromatic nitrogens is 3. The van der Waals surface area contributed by atoms with E-state index in [0.29, 0.717) is 23.9 Å². The summed E-state index contributed by atoms with van der Waals surface area (Å²) < 4.78 is 6.84. The molecule has 5 heteroatoms. The van der Waals surface area contributed by atoms with Gasteiger partial charge in [-0.3, -0.25) is 0 Å². The molecule has 2 aliphatic carbocycles. The van der Waals surface area contributed by atoms with Crippen LogP contribution >= 0.6 is 0 Å². The van der Waals surface area contributed by atoms with Crippen molar-refractivity contribution in [3.05, 3.63) is 198 Å². The van der Waals surface area contributed by atoms with Crippen LogP contribution in [0.15, 0.2) is 180 Å². The minimum atomic E-state index is -0.271. The molecule has 1 aliphatic heterocycles. The normalized spacial score (nSPS) is 19.6. The highest BCUT2D eigenvalue weighted by molar-refractivity contribution is 5.94. The van der Waals surface area contributed by atoms with E-state index < -0.39 is 0 Å². The maximum atomic E-state index is 6.84. The SMILES string of the molecule is CC12C=CC=CC1N(C1=Cc3c(oc4ccccc34)C(c3nc(-c4ccc5ccccc5c4)nc(-c4ccc5ccccc5c4)n3)C1)c1cc3ccccc3cc12. The first-order chi connectivity index (χ1) is 28.1. The average Bonchev–Trinajstić information content (AvgIpc) is 3.76. The lowest BCUT2D eigenvalue weighted by molar-refractivity contribution is 0.489. The van der Waals surface area contributed by atoms with Crippen molar-refractivity contribution in [2.75, 3.05) is 4.90 Å². The molecule has 0 saturated carbocycles. The number of para-hydroxylation sites is 1. The molecule has 0 spiro atoms. The van der Waals surface area contributed by atoms with E-state index in [1.807, 2.05) is 6.07 Å². The molecule has 3 unspecified atom stereocenters. The Bertz CT molecular complexity index is 3130. The molecule has 3 atom stereocenters. The van der Waals surface area contributed by atoms with Crippen molar-refractivity contribution < 1.29 is 4.42 Å². The lowest BCUT2D eigenvalue weighted by Gasteiger charge is -2.37. The Morgan fingerprint density at radius 3 is 1.89 bits per heavy atom. The third-order valence-electron chi connectivity index (χ3n) is 12.4. The maximum Gasteiger partial charge on any atom is 0.163 e. The second kappa shape index (κ2) is 12.2. The van der Waals surface area contributed by atoms with Crippen LogP contribution in [0.1, 0.15) is 42.0 Å². The Hall–Kier alpha value is -7.11. The zero-order chi connectivity index (χ0) is 37.7. The number of nitrogens with zero attached hydrogens (tertiary/aromatic N) is 4. The minimum absolute atomic E-state index is 0.0978. The number of allylic oxidation sites excluding steroid dienone is 3. The zero-order valence-corrected chi connectivity index (χ0v) is 31.3. The summed E-state index contributed by atoms with van der Waals surface area (Å²) >= 11 is 0. The lowest BCUT2D eigenvalue weighted by Crippen LogP contribution is -2.41. The molecule has 0 N–H and O–H groups in total. The van der Waals surface area contributed by atoms with Gasteiger partial charge in [0.2, 0.25) is 0 Å². The average molecular weight is 733 g/mol. The summed E-state index contributed by atoms with van der Waals surface area (Å²) in [6, 6.07) is 51.7. The van der Waals surface area contributed by atoms with Crippen molar-refractivity contribution in [1.82, 2.24) is 15.0 Å². The number of rotatable bonds is 4. The standard InChI is InChI=1S/C52H36N4O/c1-52-25-11-10-20-47(52)56(45-29-37-17-7-6-16-36(37)28-44(45)52)40-30-42-41-18-8-9-19-46(41)57-48(42)43(31-40)51-54-49(38-23-21-32-12-2-4-14-34(32)26-38)53-50(55-51)39-24-22-33-13-3-5-15-35(33)27-39/h2-30,43,47H,31H2,1H3. The van der Waals surface area contributed by atoms with Gasteiger partial charge in [-0.05, 0) is 81.2 Å². The molecule has 5 nitrogen and oxygen atoms in total. The number of hydrogen-bond acceptors (Lipinski definition) is 5. The molecule has 3 aliphatic rings. The lowest BCUT2D eigenvalue weighted by atomic mass is 9.75. The van der Waals surface area contributed by atoms with Gasteiger partial charge >= 0.3 is 0 Å². The molecule has 0 radical (unpaired) electrons. The molecule has 0 saturated heterocycles. The molecule has 2 aromatic heterocycles. The number of furan rings is 1. The van der Waals surface area contributed by atoms with E-state index in [4.69, 9.17) is 19.4 Å².